The molecule has 1 aromatic carbocycles. The smallest absolute Gasteiger partial charge is 0.407 e. The van der Waals surface area contributed by atoms with Crippen molar-refractivity contribution in [3.63, 3.8) is 0 Å². The number of rotatable bonds is 6. The van der Waals surface area contributed by atoms with E-state index in [1.54, 1.807) is 0 Å². The molecule has 1 amide bonds. The molecule has 0 aromatic heterocycles. The summed E-state index contributed by atoms with van der Waals surface area (Å²) < 4.78 is 5.28. The van der Waals surface area contributed by atoms with E-state index in [-0.39, 0.29) is 12.1 Å². The van der Waals surface area contributed by atoms with Gasteiger partial charge in [0.05, 0.1) is 0 Å². The fourth-order valence-corrected chi connectivity index (χ4v) is 2.51. The maximum Gasteiger partial charge on any atom is 0.407 e. The molecule has 4 nitrogen and oxygen atoms in total. The Morgan fingerprint density at radius 2 is 1.91 bits per heavy atom. The van der Waals surface area contributed by atoms with Crippen molar-refractivity contribution in [2.75, 3.05) is 6.54 Å². The van der Waals surface area contributed by atoms with Crippen LogP contribution in [0.2, 0.25) is 0 Å². The first-order chi connectivity index (χ1) is 10.3. The van der Waals surface area contributed by atoms with Crippen molar-refractivity contribution in [2.45, 2.75) is 58.2 Å². The molecular weight excluding hydrogens is 276 g/mol. The highest BCUT2D eigenvalue weighted by atomic mass is 16.6. The first-order valence-electron chi connectivity index (χ1n) is 8.13. The van der Waals surface area contributed by atoms with Crippen molar-refractivity contribution in [1.29, 1.82) is 0 Å². The van der Waals surface area contributed by atoms with Crippen molar-refractivity contribution < 1.29 is 9.53 Å². The summed E-state index contributed by atoms with van der Waals surface area (Å²) in [6, 6.07) is 10.9. The predicted molar refractivity (Wildman–Crippen MR) is 88.7 cm³/mol. The summed E-state index contributed by atoms with van der Waals surface area (Å²) >= 11 is 0. The van der Waals surface area contributed by atoms with Crippen LogP contribution >= 0.6 is 0 Å². The minimum atomic E-state index is -0.460. The number of benzene rings is 1. The van der Waals surface area contributed by atoms with Gasteiger partial charge in [-0.3, -0.25) is 0 Å². The van der Waals surface area contributed by atoms with Gasteiger partial charge in [0.1, 0.15) is 5.60 Å². The van der Waals surface area contributed by atoms with Crippen molar-refractivity contribution >= 4 is 6.09 Å². The topological polar surface area (TPSA) is 50.4 Å². The zero-order chi connectivity index (χ0) is 16.2. The Kier molecular flexibility index (Phi) is 5.46. The van der Waals surface area contributed by atoms with Gasteiger partial charge in [0, 0.05) is 18.6 Å². The molecule has 1 aliphatic rings. The minimum absolute atomic E-state index is 0.0276. The van der Waals surface area contributed by atoms with Crippen LogP contribution in [-0.2, 0) is 4.74 Å². The summed E-state index contributed by atoms with van der Waals surface area (Å²) in [5.74, 6) is 0.719. The molecule has 0 saturated heterocycles. The van der Waals surface area contributed by atoms with E-state index in [1.165, 1.54) is 18.4 Å². The molecule has 1 fully saturated rings. The van der Waals surface area contributed by atoms with Gasteiger partial charge in [-0.2, -0.15) is 0 Å². The van der Waals surface area contributed by atoms with Gasteiger partial charge in [-0.1, -0.05) is 30.3 Å². The van der Waals surface area contributed by atoms with Gasteiger partial charge in [0.15, 0.2) is 0 Å². The summed E-state index contributed by atoms with van der Waals surface area (Å²) in [5.41, 5.74) is 0.868. The van der Waals surface area contributed by atoms with Crippen molar-refractivity contribution in [3.05, 3.63) is 35.9 Å². The Morgan fingerprint density at radius 1 is 1.27 bits per heavy atom. The standard InChI is InChI=1S/C18H28N2O2/c1-13(20-17(21)22-18(2,3)4)12-19-16(15-10-11-15)14-8-6-5-7-9-14/h5-9,13,15-16,19H,10-12H2,1-4H3,(H,20,21). The van der Waals surface area contributed by atoms with Crippen LogP contribution in [0.5, 0.6) is 0 Å². The number of hydrogen-bond donors (Lipinski definition) is 2. The maximum absolute atomic E-state index is 11.8. The minimum Gasteiger partial charge on any atom is -0.444 e. The summed E-state index contributed by atoms with van der Waals surface area (Å²) in [7, 11) is 0. The maximum atomic E-state index is 11.8. The quantitative estimate of drug-likeness (QED) is 0.843. The van der Waals surface area contributed by atoms with Crippen LogP contribution in [0.15, 0.2) is 30.3 Å². The highest BCUT2D eigenvalue weighted by Gasteiger charge is 2.32. The van der Waals surface area contributed by atoms with Gasteiger partial charge in [-0.05, 0) is 52.0 Å². The normalized spacial score (nSPS) is 17.6. The number of ether oxygens (including phenoxy) is 1. The highest BCUT2D eigenvalue weighted by molar-refractivity contribution is 5.68. The SMILES string of the molecule is CC(CNC(c1ccccc1)C1CC1)NC(=O)OC(C)(C)C. The van der Waals surface area contributed by atoms with Crippen LogP contribution < -0.4 is 10.6 Å². The van der Waals surface area contributed by atoms with Crippen molar-refractivity contribution in [1.82, 2.24) is 10.6 Å². The molecule has 1 aliphatic carbocycles. The molecule has 2 atom stereocenters. The Labute approximate surface area is 133 Å². The van der Waals surface area contributed by atoms with E-state index in [1.807, 2.05) is 33.8 Å². The van der Waals surface area contributed by atoms with Crippen LogP contribution in [0, 0.1) is 5.92 Å². The van der Waals surface area contributed by atoms with Crippen LogP contribution in [-0.4, -0.2) is 24.3 Å². The number of nitrogens with one attached hydrogen (secondary N) is 2. The molecule has 1 aromatic rings. The Hall–Kier alpha value is -1.55. The van der Waals surface area contributed by atoms with Gasteiger partial charge >= 0.3 is 6.09 Å². The third kappa shape index (κ3) is 5.68. The highest BCUT2D eigenvalue weighted by Crippen LogP contribution is 2.40. The van der Waals surface area contributed by atoms with Crippen molar-refractivity contribution in [3.8, 4) is 0 Å². The second-order valence-corrected chi connectivity index (χ2v) is 7.18. The summed E-state index contributed by atoms with van der Waals surface area (Å²) in [6.07, 6.45) is 2.20. The van der Waals surface area contributed by atoms with E-state index >= 15 is 0 Å². The number of carbonyl (C=O) groups excluding carboxylic acids is 1. The van der Waals surface area contributed by atoms with Gasteiger partial charge in [-0.15, -0.1) is 0 Å². The van der Waals surface area contributed by atoms with E-state index in [0.29, 0.717) is 6.04 Å². The predicted octanol–water partition coefficient (Wildman–Crippen LogP) is 3.64. The van der Waals surface area contributed by atoms with Gasteiger partial charge in [0.2, 0.25) is 0 Å². The summed E-state index contributed by atoms with van der Waals surface area (Å²) in [6.45, 7) is 8.33. The lowest BCUT2D eigenvalue weighted by Gasteiger charge is -2.24. The largest absolute Gasteiger partial charge is 0.444 e. The van der Waals surface area contributed by atoms with E-state index in [2.05, 4.69) is 34.9 Å². The molecular formula is C18H28N2O2. The van der Waals surface area contributed by atoms with Crippen LogP contribution in [0.1, 0.15) is 52.1 Å². The van der Waals surface area contributed by atoms with Gasteiger partial charge in [-0.25, -0.2) is 4.79 Å². The monoisotopic (exact) mass is 304 g/mol. The van der Waals surface area contributed by atoms with E-state index < -0.39 is 5.60 Å². The zero-order valence-corrected chi connectivity index (χ0v) is 14.1. The molecule has 0 spiro atoms. The molecule has 2 N–H and O–H groups in total. The van der Waals surface area contributed by atoms with E-state index in [4.69, 9.17) is 4.74 Å². The lowest BCUT2D eigenvalue weighted by atomic mass is 10.0. The van der Waals surface area contributed by atoms with Gasteiger partial charge < -0.3 is 15.4 Å². The molecule has 122 valence electrons. The molecule has 22 heavy (non-hydrogen) atoms. The van der Waals surface area contributed by atoms with E-state index in [9.17, 15) is 4.79 Å². The van der Waals surface area contributed by atoms with E-state index in [0.717, 1.165) is 12.5 Å². The lowest BCUT2D eigenvalue weighted by molar-refractivity contribution is 0.0507. The number of alkyl carbamates (subject to hydrolysis) is 1. The third-order valence-corrected chi connectivity index (χ3v) is 3.66. The first kappa shape index (κ1) is 16.8. The summed E-state index contributed by atoms with van der Waals surface area (Å²) in [5, 5.41) is 6.47. The fraction of sp³-hybridized carbons (Fsp3) is 0.611. The molecule has 0 aliphatic heterocycles. The third-order valence-electron chi connectivity index (χ3n) is 3.66. The van der Waals surface area contributed by atoms with Gasteiger partial charge in [0.25, 0.3) is 0 Å². The van der Waals surface area contributed by atoms with Crippen molar-refractivity contribution in [2.24, 2.45) is 5.92 Å². The second kappa shape index (κ2) is 7.14. The average molecular weight is 304 g/mol. The molecule has 2 unspecified atom stereocenters. The summed E-state index contributed by atoms with van der Waals surface area (Å²) in [4.78, 5) is 11.8. The number of amides is 1. The molecule has 0 heterocycles. The second-order valence-electron chi connectivity index (χ2n) is 7.18. The number of carbonyl (C=O) groups is 1. The zero-order valence-electron chi connectivity index (χ0n) is 14.1. The average Bonchev–Trinajstić information content (AvgIpc) is 3.22. The molecule has 0 bridgehead atoms. The number of hydrogen-bond acceptors (Lipinski definition) is 3. The fourth-order valence-electron chi connectivity index (χ4n) is 2.51. The Morgan fingerprint density at radius 3 is 2.45 bits per heavy atom. The Bertz CT molecular complexity index is 478. The van der Waals surface area contributed by atoms with Crippen LogP contribution in [0.4, 0.5) is 4.79 Å². The lowest BCUT2D eigenvalue weighted by Crippen LogP contribution is -2.43. The van der Waals surface area contributed by atoms with Crippen LogP contribution in [0.25, 0.3) is 0 Å². The molecule has 0 radical (unpaired) electrons. The first-order valence-corrected chi connectivity index (χ1v) is 8.13. The van der Waals surface area contributed by atoms with Crippen LogP contribution in [0.3, 0.4) is 0 Å². The molecule has 2 rings (SSSR count). The Balaban J connectivity index is 1.81. The molecule has 1 saturated carbocycles. The molecule has 4 heteroatoms.